The summed E-state index contributed by atoms with van der Waals surface area (Å²) in [6.45, 7) is 0. The molecule has 0 radical (unpaired) electrons. The molecule has 6 aromatic carbocycles. The molecule has 0 aliphatic carbocycles. The van der Waals surface area contributed by atoms with Crippen molar-refractivity contribution < 1.29 is 26.3 Å². The molecule has 0 saturated heterocycles. The monoisotopic (exact) mass is 957 g/mol. The van der Waals surface area contributed by atoms with Crippen LogP contribution < -0.4 is 0 Å². The Morgan fingerprint density at radius 2 is 0.681 bits per heavy atom. The smallest absolute Gasteiger partial charge is 0.307 e. The largest absolute Gasteiger partial charge is 0.417 e. The molecule has 11 nitrogen and oxygen atoms in total. The molecule has 0 aliphatic rings. The van der Waals surface area contributed by atoms with Gasteiger partial charge >= 0.3 is 12.4 Å². The van der Waals surface area contributed by atoms with Crippen LogP contribution in [0.3, 0.4) is 0 Å². The van der Waals surface area contributed by atoms with Crippen LogP contribution in [0, 0.1) is 11.3 Å². The van der Waals surface area contributed by atoms with E-state index in [4.69, 9.17) is 0 Å². The highest BCUT2D eigenvalue weighted by Crippen LogP contribution is 2.48. The molecule has 0 unspecified atom stereocenters. The van der Waals surface area contributed by atoms with Crippen molar-refractivity contribution in [2.75, 3.05) is 0 Å². The lowest BCUT2D eigenvalue weighted by Crippen LogP contribution is -2.15. The number of hydrogen-bond donors (Lipinski definition) is 0. The zero-order chi connectivity index (χ0) is 49.3. The van der Waals surface area contributed by atoms with Gasteiger partial charge in [0, 0.05) is 105 Å². The van der Waals surface area contributed by atoms with Crippen molar-refractivity contribution in [3.8, 4) is 74.1 Å². The molecule has 6 heterocycles. The third-order valence-electron chi connectivity index (χ3n) is 12.5. The van der Waals surface area contributed by atoms with Gasteiger partial charge < -0.3 is 9.13 Å². The quantitative estimate of drug-likeness (QED) is 0.143. The molecule has 346 valence electrons. The Bertz CT molecular complexity index is 3910. The number of aromatic nitrogens is 10. The summed E-state index contributed by atoms with van der Waals surface area (Å²) in [5.74, 6) is 1.71. The van der Waals surface area contributed by atoms with E-state index in [2.05, 4.69) is 39.9 Å². The fraction of sp³-hybridized carbons (Fsp3) is 0.0364. The lowest BCUT2D eigenvalue weighted by molar-refractivity contribution is -0.142. The molecule has 17 heteroatoms. The van der Waals surface area contributed by atoms with Crippen LogP contribution in [0.15, 0.2) is 177 Å². The number of hydrogen-bond acceptors (Lipinski definition) is 9. The van der Waals surface area contributed by atoms with E-state index < -0.39 is 40.2 Å². The summed E-state index contributed by atoms with van der Waals surface area (Å²) in [4.78, 5) is 35.8. The molecule has 0 aliphatic heterocycles. The highest BCUT2D eigenvalue weighted by molar-refractivity contribution is 6.14. The molecule has 72 heavy (non-hydrogen) atoms. The van der Waals surface area contributed by atoms with Crippen LogP contribution in [0.25, 0.3) is 112 Å². The van der Waals surface area contributed by atoms with Gasteiger partial charge in [-0.15, -0.1) is 0 Å². The first-order chi connectivity index (χ1) is 34.9. The van der Waals surface area contributed by atoms with Gasteiger partial charge in [-0.1, -0.05) is 6.07 Å². The lowest BCUT2D eigenvalue weighted by atomic mass is 9.89. The summed E-state index contributed by atoms with van der Waals surface area (Å²) >= 11 is 0. The molecule has 0 amide bonds. The maximum absolute atomic E-state index is 15.1. The van der Waals surface area contributed by atoms with Gasteiger partial charge in [0.25, 0.3) is 0 Å². The van der Waals surface area contributed by atoms with Crippen molar-refractivity contribution in [2.24, 2.45) is 0 Å². The molecule has 0 fully saturated rings. The Morgan fingerprint density at radius 1 is 0.375 bits per heavy atom. The Hall–Kier alpha value is -9.69. The van der Waals surface area contributed by atoms with Crippen molar-refractivity contribution in [3.63, 3.8) is 0 Å². The second kappa shape index (κ2) is 16.8. The first-order valence-corrected chi connectivity index (χ1v) is 22.1. The van der Waals surface area contributed by atoms with Gasteiger partial charge in [-0.25, -0.2) is 39.9 Å². The number of alkyl halides is 6. The summed E-state index contributed by atoms with van der Waals surface area (Å²) in [5, 5.41) is 13.6. The van der Waals surface area contributed by atoms with E-state index >= 15 is 26.3 Å². The van der Waals surface area contributed by atoms with Crippen molar-refractivity contribution in [1.29, 1.82) is 5.26 Å². The number of nitriles is 1. The highest BCUT2D eigenvalue weighted by atomic mass is 19.4. The van der Waals surface area contributed by atoms with Crippen LogP contribution in [0.1, 0.15) is 16.7 Å². The van der Waals surface area contributed by atoms with E-state index in [-0.39, 0.29) is 11.4 Å². The Morgan fingerprint density at radius 3 is 0.972 bits per heavy atom. The van der Waals surface area contributed by atoms with Gasteiger partial charge in [-0.3, -0.25) is 0 Å². The summed E-state index contributed by atoms with van der Waals surface area (Å²) in [7, 11) is 0. The second-order valence-corrected chi connectivity index (χ2v) is 16.6. The van der Waals surface area contributed by atoms with Gasteiger partial charge in [0.1, 0.15) is 0 Å². The Kier molecular flexibility index (Phi) is 10.2. The molecule has 12 aromatic rings. The number of fused-ring (bicyclic) bond motifs is 6. The SMILES string of the molecule is N#Cc1cc(-n2c3ccc(-c4ncccn4)cc3c3cc(-c4ncccn4)ccc32)c(-n2c3ccc(-c4ncccn4)cc3c3cc(-c4ncccn4)ccc32)cc1-c1c(C(F)(F)F)cccc1C(F)(F)F. The number of nitrogens with zero attached hydrogens (tertiary/aromatic N) is 11. The predicted molar refractivity (Wildman–Crippen MR) is 259 cm³/mol. The number of benzene rings is 6. The topological polar surface area (TPSA) is 137 Å². The number of rotatable bonds is 7. The van der Waals surface area contributed by atoms with E-state index in [1.807, 2.05) is 59.2 Å². The van der Waals surface area contributed by atoms with E-state index in [1.165, 1.54) is 12.1 Å². The molecule has 6 aromatic heterocycles. The van der Waals surface area contributed by atoms with Crippen LogP contribution in [0.4, 0.5) is 26.3 Å². The van der Waals surface area contributed by atoms with E-state index in [0.717, 1.165) is 0 Å². The van der Waals surface area contributed by atoms with Crippen molar-refractivity contribution in [3.05, 3.63) is 194 Å². The zero-order valence-corrected chi connectivity index (χ0v) is 36.9. The molecular formula is C55H29F6N11. The minimum Gasteiger partial charge on any atom is -0.307 e. The first kappa shape index (κ1) is 43.6. The average molecular weight is 958 g/mol. The maximum Gasteiger partial charge on any atom is 0.417 e. The van der Waals surface area contributed by atoms with Crippen LogP contribution in [-0.4, -0.2) is 49.0 Å². The van der Waals surface area contributed by atoms with Gasteiger partial charge in [-0.05, 0) is 121 Å². The number of halogens is 6. The molecule has 12 rings (SSSR count). The van der Waals surface area contributed by atoms with Gasteiger partial charge in [0.15, 0.2) is 23.3 Å². The van der Waals surface area contributed by atoms with Crippen LogP contribution in [-0.2, 0) is 12.4 Å². The van der Waals surface area contributed by atoms with E-state index in [1.54, 1.807) is 103 Å². The fourth-order valence-electron chi connectivity index (χ4n) is 9.46. The van der Waals surface area contributed by atoms with Crippen molar-refractivity contribution >= 4 is 43.6 Å². The highest BCUT2D eigenvalue weighted by Gasteiger charge is 2.42. The normalized spacial score (nSPS) is 12.0. The van der Waals surface area contributed by atoms with Gasteiger partial charge in [0.2, 0.25) is 0 Å². The van der Waals surface area contributed by atoms with E-state index in [9.17, 15) is 5.26 Å². The molecule has 0 spiro atoms. The predicted octanol–water partition coefficient (Wildman–Crippen LogP) is 13.3. The van der Waals surface area contributed by atoms with Gasteiger partial charge in [-0.2, -0.15) is 31.6 Å². The maximum atomic E-state index is 15.1. The molecule has 0 atom stereocenters. The van der Waals surface area contributed by atoms with E-state index in [0.29, 0.717) is 107 Å². The van der Waals surface area contributed by atoms with Crippen molar-refractivity contribution in [2.45, 2.75) is 12.4 Å². The van der Waals surface area contributed by atoms with Crippen molar-refractivity contribution in [1.82, 2.24) is 49.0 Å². The zero-order valence-electron chi connectivity index (χ0n) is 36.9. The fourth-order valence-corrected chi connectivity index (χ4v) is 9.46. The second-order valence-electron chi connectivity index (χ2n) is 16.6. The molecular weight excluding hydrogens is 929 g/mol. The average Bonchev–Trinajstić information content (AvgIpc) is 3.91. The lowest BCUT2D eigenvalue weighted by Gasteiger charge is -2.23. The first-order valence-electron chi connectivity index (χ1n) is 22.1. The van der Waals surface area contributed by atoms with Crippen LogP contribution in [0.5, 0.6) is 0 Å². The molecule has 0 N–H and O–H groups in total. The Balaban J connectivity index is 1.24. The van der Waals surface area contributed by atoms with Gasteiger partial charge in [0.05, 0.1) is 56.2 Å². The summed E-state index contributed by atoms with van der Waals surface area (Å²) in [6.07, 6.45) is 2.40. The molecule has 0 bridgehead atoms. The molecule has 0 saturated carbocycles. The minimum absolute atomic E-state index is 0.145. The third-order valence-corrected chi connectivity index (χ3v) is 12.5. The van der Waals surface area contributed by atoms with Crippen LogP contribution >= 0.6 is 0 Å². The minimum atomic E-state index is -5.26. The summed E-state index contributed by atoms with van der Waals surface area (Å²) < 4.78 is 94.5. The third kappa shape index (κ3) is 7.31. The van der Waals surface area contributed by atoms with Crippen LogP contribution in [0.2, 0.25) is 0 Å². The summed E-state index contributed by atoms with van der Waals surface area (Å²) in [6, 6.07) is 35.4. The Labute approximate surface area is 403 Å². The standard InChI is InChI=1S/C55H29F6N11/c56-54(57,58)41-6-1-7-42(55(59,60)61)49(41)36-29-48(72-45-14-10-33(52-67-20-4-21-68-52)26-39(45)40-27-34(11-15-46(40)72)53-69-22-5-23-70-53)47(28-35(36)30-62)71-43-12-8-31(50-63-16-2-17-64-50)24-37(43)38-25-32(9-13-44(38)71)51-65-18-3-19-66-51/h1-29H. The summed E-state index contributed by atoms with van der Waals surface area (Å²) in [5.41, 5.74) is -0.135.